The molecule has 1 aromatic carbocycles. The van der Waals surface area contributed by atoms with Crippen LogP contribution >= 0.6 is 0 Å². The Kier molecular flexibility index (Phi) is 4.92. The molecule has 2 rings (SSSR count). The monoisotopic (exact) mass is 256 g/mol. The van der Waals surface area contributed by atoms with Crippen LogP contribution < -0.4 is 5.32 Å². The second-order valence-electron chi connectivity index (χ2n) is 5.74. The number of nitrogens with zero attached hydrogens (tertiary/aromatic N) is 1. The van der Waals surface area contributed by atoms with Gasteiger partial charge in [0.25, 0.3) is 0 Å². The molecule has 2 heteroatoms. The van der Waals surface area contributed by atoms with E-state index in [0.29, 0.717) is 6.04 Å². The zero-order chi connectivity index (χ0) is 13.7. The minimum atomic E-state index is 0.564. The molecule has 0 saturated carbocycles. The third kappa shape index (κ3) is 4.03. The van der Waals surface area contributed by atoms with Gasteiger partial charge in [0.05, 0.1) is 5.52 Å². The summed E-state index contributed by atoms with van der Waals surface area (Å²) >= 11 is 0. The Morgan fingerprint density at radius 2 is 1.84 bits per heavy atom. The first kappa shape index (κ1) is 14.0. The molecule has 0 radical (unpaired) electrons. The number of hydrogen-bond acceptors (Lipinski definition) is 2. The molecule has 0 spiro atoms. The van der Waals surface area contributed by atoms with Crippen LogP contribution in [0.1, 0.15) is 39.2 Å². The van der Waals surface area contributed by atoms with Gasteiger partial charge >= 0.3 is 0 Å². The zero-order valence-electron chi connectivity index (χ0n) is 12.2. The summed E-state index contributed by atoms with van der Waals surface area (Å²) in [5, 5.41) is 4.88. The molecule has 0 aliphatic rings. The van der Waals surface area contributed by atoms with E-state index in [-0.39, 0.29) is 0 Å². The van der Waals surface area contributed by atoms with Gasteiger partial charge < -0.3 is 5.32 Å². The average molecular weight is 256 g/mol. The van der Waals surface area contributed by atoms with E-state index in [1.807, 2.05) is 12.3 Å². The topological polar surface area (TPSA) is 24.9 Å². The lowest BCUT2D eigenvalue weighted by Crippen LogP contribution is -2.25. The first-order chi connectivity index (χ1) is 9.16. The van der Waals surface area contributed by atoms with Gasteiger partial charge in [-0.2, -0.15) is 0 Å². The maximum atomic E-state index is 4.40. The first-order valence-electron chi connectivity index (χ1n) is 7.23. The zero-order valence-corrected chi connectivity index (χ0v) is 12.2. The van der Waals surface area contributed by atoms with Crippen molar-refractivity contribution in [2.24, 2.45) is 5.92 Å². The number of para-hydroxylation sites is 1. The average Bonchev–Trinajstić information content (AvgIpc) is 2.42. The highest BCUT2D eigenvalue weighted by atomic mass is 14.9. The molecule has 19 heavy (non-hydrogen) atoms. The lowest BCUT2D eigenvalue weighted by Gasteiger charge is -2.15. The van der Waals surface area contributed by atoms with Crippen LogP contribution in [0.3, 0.4) is 0 Å². The lowest BCUT2D eigenvalue weighted by atomic mass is 10.0. The molecule has 1 aromatic heterocycles. The normalized spacial score (nSPS) is 13.1. The van der Waals surface area contributed by atoms with Crippen molar-refractivity contribution in [1.29, 1.82) is 0 Å². The molecular weight excluding hydrogens is 232 g/mol. The number of hydrogen-bond donors (Lipinski definition) is 1. The lowest BCUT2D eigenvalue weighted by molar-refractivity contribution is 0.451. The second-order valence-corrected chi connectivity index (χ2v) is 5.74. The second kappa shape index (κ2) is 6.67. The smallest absolute Gasteiger partial charge is 0.0705 e. The van der Waals surface area contributed by atoms with Crippen LogP contribution in [0.15, 0.2) is 36.5 Å². The molecule has 0 aliphatic heterocycles. The summed E-state index contributed by atoms with van der Waals surface area (Å²) in [5.41, 5.74) is 2.42. The number of rotatable bonds is 6. The fourth-order valence-electron chi connectivity index (χ4n) is 2.28. The van der Waals surface area contributed by atoms with Gasteiger partial charge in [-0.3, -0.25) is 4.98 Å². The van der Waals surface area contributed by atoms with Gasteiger partial charge in [0.1, 0.15) is 0 Å². The van der Waals surface area contributed by atoms with E-state index in [4.69, 9.17) is 0 Å². The van der Waals surface area contributed by atoms with Gasteiger partial charge in [0, 0.05) is 24.2 Å². The molecule has 2 nitrogen and oxygen atoms in total. The van der Waals surface area contributed by atoms with Gasteiger partial charge in [0.2, 0.25) is 0 Å². The standard InChI is InChI=1S/C17H24N2/c1-13(2)8-9-14(3)19-12-15-10-11-18-17-7-5-4-6-16(15)17/h4-7,10-11,13-14,19H,8-9,12H2,1-3H3. The third-order valence-electron chi connectivity index (χ3n) is 3.56. The van der Waals surface area contributed by atoms with Gasteiger partial charge in [-0.25, -0.2) is 0 Å². The summed E-state index contributed by atoms with van der Waals surface area (Å²) in [7, 11) is 0. The summed E-state index contributed by atoms with van der Waals surface area (Å²) in [6.07, 6.45) is 4.42. The molecule has 1 unspecified atom stereocenters. The molecule has 1 atom stereocenters. The van der Waals surface area contributed by atoms with Crippen molar-refractivity contribution in [3.8, 4) is 0 Å². The highest BCUT2D eigenvalue weighted by Crippen LogP contribution is 2.16. The van der Waals surface area contributed by atoms with E-state index < -0.39 is 0 Å². The molecule has 0 bridgehead atoms. The van der Waals surface area contributed by atoms with Gasteiger partial charge in [0.15, 0.2) is 0 Å². The summed E-state index contributed by atoms with van der Waals surface area (Å²) in [4.78, 5) is 4.40. The van der Waals surface area contributed by atoms with E-state index in [2.05, 4.69) is 55.3 Å². The summed E-state index contributed by atoms with van der Waals surface area (Å²) in [5.74, 6) is 0.783. The largest absolute Gasteiger partial charge is 0.310 e. The maximum Gasteiger partial charge on any atom is 0.0705 e. The van der Waals surface area contributed by atoms with Crippen molar-refractivity contribution >= 4 is 10.9 Å². The SMILES string of the molecule is CC(C)CCC(C)NCc1ccnc2ccccc12. The molecule has 0 aliphatic carbocycles. The van der Waals surface area contributed by atoms with Crippen LogP contribution in [0.2, 0.25) is 0 Å². The highest BCUT2D eigenvalue weighted by Gasteiger charge is 2.05. The summed E-state index contributed by atoms with van der Waals surface area (Å²) in [6, 6.07) is 11.0. The van der Waals surface area contributed by atoms with Crippen molar-refractivity contribution in [2.75, 3.05) is 0 Å². The molecule has 2 aromatic rings. The van der Waals surface area contributed by atoms with Crippen LogP contribution in [0, 0.1) is 5.92 Å². The van der Waals surface area contributed by atoms with E-state index in [1.54, 1.807) is 0 Å². The molecular formula is C17H24N2. The minimum Gasteiger partial charge on any atom is -0.310 e. The van der Waals surface area contributed by atoms with Crippen LogP contribution in [0.25, 0.3) is 10.9 Å². The van der Waals surface area contributed by atoms with Gasteiger partial charge in [-0.05, 0) is 43.4 Å². The Labute approximate surface area is 116 Å². The van der Waals surface area contributed by atoms with Crippen LogP contribution in [0.4, 0.5) is 0 Å². The third-order valence-corrected chi connectivity index (χ3v) is 3.56. The first-order valence-corrected chi connectivity index (χ1v) is 7.23. The molecule has 0 fully saturated rings. The Hall–Kier alpha value is -1.41. The van der Waals surface area contributed by atoms with Crippen molar-refractivity contribution in [3.05, 3.63) is 42.1 Å². The van der Waals surface area contributed by atoms with Crippen molar-refractivity contribution in [3.63, 3.8) is 0 Å². The van der Waals surface area contributed by atoms with E-state index >= 15 is 0 Å². The van der Waals surface area contributed by atoms with Crippen molar-refractivity contribution < 1.29 is 0 Å². The van der Waals surface area contributed by atoms with Crippen LogP contribution in [-0.4, -0.2) is 11.0 Å². The Bertz CT molecular complexity index is 514. The van der Waals surface area contributed by atoms with Gasteiger partial charge in [-0.1, -0.05) is 32.0 Å². The van der Waals surface area contributed by atoms with Crippen LogP contribution in [0.5, 0.6) is 0 Å². The molecule has 0 saturated heterocycles. The Balaban J connectivity index is 1.98. The van der Waals surface area contributed by atoms with Gasteiger partial charge in [-0.15, -0.1) is 0 Å². The quantitative estimate of drug-likeness (QED) is 0.840. The summed E-state index contributed by atoms with van der Waals surface area (Å²) < 4.78 is 0. The van der Waals surface area contributed by atoms with Crippen molar-refractivity contribution in [2.45, 2.75) is 46.2 Å². The summed E-state index contributed by atoms with van der Waals surface area (Å²) in [6.45, 7) is 7.75. The minimum absolute atomic E-state index is 0.564. The number of nitrogens with one attached hydrogen (secondary N) is 1. The predicted octanol–water partition coefficient (Wildman–Crippen LogP) is 4.15. The van der Waals surface area contributed by atoms with Crippen molar-refractivity contribution in [1.82, 2.24) is 10.3 Å². The number of benzene rings is 1. The van der Waals surface area contributed by atoms with E-state index in [1.165, 1.54) is 23.8 Å². The molecule has 102 valence electrons. The molecule has 1 N–H and O–H groups in total. The molecule has 0 amide bonds. The number of fused-ring (bicyclic) bond motifs is 1. The fourth-order valence-corrected chi connectivity index (χ4v) is 2.28. The number of pyridine rings is 1. The fraction of sp³-hybridized carbons (Fsp3) is 0.471. The number of aromatic nitrogens is 1. The predicted molar refractivity (Wildman–Crippen MR) is 82.1 cm³/mol. The van der Waals surface area contributed by atoms with E-state index in [0.717, 1.165) is 18.0 Å². The highest BCUT2D eigenvalue weighted by molar-refractivity contribution is 5.81. The van der Waals surface area contributed by atoms with E-state index in [9.17, 15) is 0 Å². The Morgan fingerprint density at radius 1 is 1.05 bits per heavy atom. The Morgan fingerprint density at radius 3 is 2.63 bits per heavy atom. The van der Waals surface area contributed by atoms with Crippen LogP contribution in [-0.2, 0) is 6.54 Å². The molecule has 1 heterocycles. The maximum absolute atomic E-state index is 4.40.